The first-order valence-electron chi connectivity index (χ1n) is 18.8. The summed E-state index contributed by atoms with van der Waals surface area (Å²) in [5.74, 6) is 1.92. The van der Waals surface area contributed by atoms with Crippen molar-refractivity contribution in [2.75, 3.05) is 0 Å². The van der Waals surface area contributed by atoms with Crippen LogP contribution in [0.5, 0.6) is 0 Å². The van der Waals surface area contributed by atoms with Gasteiger partial charge in [0.2, 0.25) is 0 Å². The molecule has 0 atom stereocenters. The smallest absolute Gasteiger partial charge is 0.164 e. The molecule has 9 aromatic carbocycles. The minimum Gasteiger partial charge on any atom is -0.456 e. The SMILES string of the molecule is c1ccc2cc(-c3nc(-c4ccc5sc6ccccc6c5c4)nc(-c4ccc(-c5cccc6oc7cc8ccccc8cc7c56)c5ccccc45)n3)ccc2c1. The van der Waals surface area contributed by atoms with Gasteiger partial charge < -0.3 is 4.42 Å². The number of furan rings is 1. The van der Waals surface area contributed by atoms with E-state index < -0.39 is 0 Å². The van der Waals surface area contributed by atoms with E-state index >= 15 is 0 Å². The van der Waals surface area contributed by atoms with E-state index in [2.05, 4.69) is 176 Å². The van der Waals surface area contributed by atoms with Crippen LogP contribution in [-0.2, 0) is 0 Å². The fourth-order valence-electron chi connectivity index (χ4n) is 8.41. The summed E-state index contributed by atoms with van der Waals surface area (Å²) in [5, 5.41) is 11.5. The lowest BCUT2D eigenvalue weighted by Gasteiger charge is -2.14. The van der Waals surface area contributed by atoms with Crippen molar-refractivity contribution in [2.24, 2.45) is 0 Å². The molecule has 3 aromatic heterocycles. The van der Waals surface area contributed by atoms with Crippen molar-refractivity contribution in [3.63, 3.8) is 0 Å². The summed E-state index contributed by atoms with van der Waals surface area (Å²) in [6.45, 7) is 0. The maximum atomic E-state index is 6.48. The minimum atomic E-state index is 0.634. The van der Waals surface area contributed by atoms with Gasteiger partial charge in [0.25, 0.3) is 0 Å². The Kier molecular flexibility index (Phi) is 6.76. The number of fused-ring (bicyclic) bond motifs is 9. The van der Waals surface area contributed by atoms with Gasteiger partial charge in [-0.25, -0.2) is 15.0 Å². The van der Waals surface area contributed by atoms with Crippen molar-refractivity contribution in [3.05, 3.63) is 176 Å². The zero-order valence-electron chi connectivity index (χ0n) is 29.9. The molecule has 0 radical (unpaired) electrons. The van der Waals surface area contributed by atoms with Crippen molar-refractivity contribution in [1.29, 1.82) is 0 Å². The van der Waals surface area contributed by atoms with Crippen LogP contribution in [0.1, 0.15) is 0 Å². The number of benzene rings is 9. The first-order valence-corrected chi connectivity index (χ1v) is 19.6. The Morgan fingerprint density at radius 1 is 0.339 bits per heavy atom. The lowest BCUT2D eigenvalue weighted by atomic mass is 9.92. The Hall–Kier alpha value is -7.21. The molecule has 260 valence electrons. The third-order valence-corrected chi connectivity index (χ3v) is 12.2. The van der Waals surface area contributed by atoms with Gasteiger partial charge in [-0.1, -0.05) is 121 Å². The van der Waals surface area contributed by atoms with Gasteiger partial charge in [-0.05, 0) is 98.0 Å². The van der Waals surface area contributed by atoms with Crippen LogP contribution < -0.4 is 0 Å². The van der Waals surface area contributed by atoms with Crippen LogP contribution in [0.25, 0.3) is 120 Å². The van der Waals surface area contributed by atoms with Gasteiger partial charge in [0.15, 0.2) is 17.5 Å². The van der Waals surface area contributed by atoms with Crippen LogP contribution >= 0.6 is 11.3 Å². The summed E-state index contributed by atoms with van der Waals surface area (Å²) >= 11 is 1.81. The molecule has 0 aliphatic rings. The quantitative estimate of drug-likeness (QED) is 0.181. The van der Waals surface area contributed by atoms with Crippen LogP contribution in [-0.4, -0.2) is 15.0 Å². The van der Waals surface area contributed by atoms with Gasteiger partial charge in [0, 0.05) is 47.6 Å². The Balaban J connectivity index is 1.08. The Bertz CT molecular complexity index is 3560. The average molecular weight is 732 g/mol. The van der Waals surface area contributed by atoms with Gasteiger partial charge in [-0.2, -0.15) is 0 Å². The number of hydrogen-bond acceptors (Lipinski definition) is 5. The third-order valence-electron chi connectivity index (χ3n) is 11.1. The first kappa shape index (κ1) is 31.2. The van der Waals surface area contributed by atoms with E-state index in [0.717, 1.165) is 65.9 Å². The summed E-state index contributed by atoms with van der Waals surface area (Å²) in [6, 6.07) is 62.2. The van der Waals surface area contributed by atoms with Crippen molar-refractivity contribution >= 4 is 85.8 Å². The minimum absolute atomic E-state index is 0.634. The standard InChI is InChI=1S/C51H29N3OS/c1-2-11-31-26-34(21-20-30(31)10-1)49-52-50(35-22-25-47-42(28-35)39-16-7-8-19-46(39)56-47)54-51(53-49)41-24-23-38(36-14-5-6-15-37(36)41)40-17-9-18-44-48(40)43-27-32-12-3-4-13-33(32)29-45(43)55-44/h1-29H. The normalized spacial score (nSPS) is 11.9. The second kappa shape index (κ2) is 12.2. The van der Waals surface area contributed by atoms with Gasteiger partial charge in [0.1, 0.15) is 11.2 Å². The second-order valence-corrected chi connectivity index (χ2v) is 15.4. The second-order valence-electron chi connectivity index (χ2n) is 14.4. The Morgan fingerprint density at radius 3 is 1.77 bits per heavy atom. The Labute approximate surface area is 325 Å². The summed E-state index contributed by atoms with van der Waals surface area (Å²) in [4.78, 5) is 15.7. The molecule has 3 heterocycles. The van der Waals surface area contributed by atoms with E-state index in [1.54, 1.807) is 0 Å². The number of aromatic nitrogens is 3. The van der Waals surface area contributed by atoms with Crippen LogP contribution in [0.15, 0.2) is 180 Å². The van der Waals surface area contributed by atoms with E-state index in [4.69, 9.17) is 19.4 Å². The van der Waals surface area contributed by atoms with Crippen LogP contribution in [0.4, 0.5) is 0 Å². The molecule has 0 bridgehead atoms. The summed E-state index contributed by atoms with van der Waals surface area (Å²) in [6.07, 6.45) is 0. The van der Waals surface area contributed by atoms with Crippen LogP contribution in [0.2, 0.25) is 0 Å². The Morgan fingerprint density at radius 2 is 0.946 bits per heavy atom. The molecule has 4 nitrogen and oxygen atoms in total. The number of hydrogen-bond donors (Lipinski definition) is 0. The molecule has 12 aromatic rings. The molecule has 0 fully saturated rings. The van der Waals surface area contributed by atoms with Crippen LogP contribution in [0.3, 0.4) is 0 Å². The zero-order chi connectivity index (χ0) is 36.7. The molecule has 12 rings (SSSR count). The van der Waals surface area contributed by atoms with Gasteiger partial charge in [-0.15, -0.1) is 11.3 Å². The molecule has 0 aliphatic carbocycles. The fourth-order valence-corrected chi connectivity index (χ4v) is 9.50. The van der Waals surface area contributed by atoms with Crippen molar-refractivity contribution < 1.29 is 4.42 Å². The highest BCUT2D eigenvalue weighted by Gasteiger charge is 2.20. The molecule has 0 N–H and O–H groups in total. The molecule has 0 saturated carbocycles. The molecule has 0 spiro atoms. The van der Waals surface area contributed by atoms with Gasteiger partial charge >= 0.3 is 0 Å². The molecule has 56 heavy (non-hydrogen) atoms. The molecule has 5 heteroatoms. The first-order chi connectivity index (χ1) is 27.7. The van der Waals surface area contributed by atoms with E-state index in [0.29, 0.717) is 17.5 Å². The predicted molar refractivity (Wildman–Crippen MR) is 234 cm³/mol. The van der Waals surface area contributed by atoms with Crippen molar-refractivity contribution in [1.82, 2.24) is 15.0 Å². The highest BCUT2D eigenvalue weighted by molar-refractivity contribution is 7.25. The van der Waals surface area contributed by atoms with Crippen LogP contribution in [0, 0.1) is 0 Å². The lowest BCUT2D eigenvalue weighted by Crippen LogP contribution is -2.01. The van der Waals surface area contributed by atoms with E-state index in [1.807, 2.05) is 11.3 Å². The van der Waals surface area contributed by atoms with Gasteiger partial charge in [-0.3, -0.25) is 0 Å². The van der Waals surface area contributed by atoms with Gasteiger partial charge in [0.05, 0.1) is 0 Å². The maximum absolute atomic E-state index is 6.48. The molecular formula is C51H29N3OS. The predicted octanol–water partition coefficient (Wildman–Crippen LogP) is 14.3. The highest BCUT2D eigenvalue weighted by Crippen LogP contribution is 2.43. The zero-order valence-corrected chi connectivity index (χ0v) is 30.7. The summed E-state index contributed by atoms with van der Waals surface area (Å²) < 4.78 is 9.00. The number of rotatable bonds is 4. The number of thiophene rings is 1. The molecular weight excluding hydrogens is 703 g/mol. The molecule has 0 aliphatic heterocycles. The van der Waals surface area contributed by atoms with E-state index in [1.165, 1.54) is 36.3 Å². The monoisotopic (exact) mass is 731 g/mol. The highest BCUT2D eigenvalue weighted by atomic mass is 32.1. The summed E-state index contributed by atoms with van der Waals surface area (Å²) in [7, 11) is 0. The maximum Gasteiger partial charge on any atom is 0.164 e. The summed E-state index contributed by atoms with van der Waals surface area (Å²) in [5.41, 5.74) is 6.88. The lowest BCUT2D eigenvalue weighted by molar-refractivity contribution is 0.669. The average Bonchev–Trinajstić information content (AvgIpc) is 3.82. The topological polar surface area (TPSA) is 51.8 Å². The number of nitrogens with zero attached hydrogens (tertiary/aromatic N) is 3. The van der Waals surface area contributed by atoms with E-state index in [-0.39, 0.29) is 0 Å². The third kappa shape index (κ3) is 4.88. The van der Waals surface area contributed by atoms with Crippen molar-refractivity contribution in [2.45, 2.75) is 0 Å². The molecule has 0 amide bonds. The van der Waals surface area contributed by atoms with Crippen molar-refractivity contribution in [3.8, 4) is 45.3 Å². The molecule has 0 saturated heterocycles. The molecule has 0 unspecified atom stereocenters. The fraction of sp³-hybridized carbons (Fsp3) is 0. The largest absolute Gasteiger partial charge is 0.456 e. The van der Waals surface area contributed by atoms with E-state index in [9.17, 15) is 0 Å².